The molecule has 6 aliphatic rings. The minimum atomic E-state index is -1.07. The summed E-state index contributed by atoms with van der Waals surface area (Å²) in [6.45, 7) is 2.45. The van der Waals surface area contributed by atoms with Crippen molar-refractivity contribution in [1.29, 1.82) is 0 Å². The Bertz CT molecular complexity index is 1370. The summed E-state index contributed by atoms with van der Waals surface area (Å²) in [7, 11) is 0. The largest absolute Gasteiger partial charge is 0.418 e. The zero-order valence-corrected chi connectivity index (χ0v) is 22.7. The van der Waals surface area contributed by atoms with Gasteiger partial charge < -0.3 is 14.4 Å². The van der Waals surface area contributed by atoms with Crippen LogP contribution in [0.5, 0.6) is 0 Å². The lowest BCUT2D eigenvalue weighted by Gasteiger charge is -2.59. The van der Waals surface area contributed by atoms with Gasteiger partial charge in [-0.15, -0.1) is 0 Å². The fourth-order valence-electron chi connectivity index (χ4n) is 7.49. The Morgan fingerprint density at radius 3 is 2.21 bits per heavy atom. The lowest BCUT2D eigenvalue weighted by atomic mass is 9.53. The summed E-state index contributed by atoms with van der Waals surface area (Å²) in [6, 6.07) is 15.8. The number of allylic oxidation sites excluding steroid dienone is 2. The quantitative estimate of drug-likeness (QED) is 0.187. The van der Waals surface area contributed by atoms with Crippen molar-refractivity contribution in [2.75, 3.05) is 4.90 Å². The second-order valence-corrected chi connectivity index (χ2v) is 12.6. The average Bonchev–Trinajstić information content (AvgIpc) is 3.28. The van der Waals surface area contributed by atoms with Gasteiger partial charge in [0.1, 0.15) is 5.57 Å². The number of Topliss-reactive ketones (excluding diaryl/α,β-unsaturated/α-hetero) is 1. The summed E-state index contributed by atoms with van der Waals surface area (Å²) in [6.07, 6.45) is 9.03. The van der Waals surface area contributed by atoms with E-state index in [4.69, 9.17) is 9.47 Å². The topological polar surface area (TPSA) is 72.9 Å². The Kier molecular flexibility index (Phi) is 5.96. The number of hydrogen-bond donors (Lipinski definition) is 0. The number of hydrogen-bond acceptors (Lipinski definition) is 7. The SMILES string of the molecule is CCC(=O)c1ccc(CN2/C(=C/C=C3C(=O)OC4(OC3=O)C3CC5CC(C3)CC4C5)Sc3ccccc32)cc1. The number of anilines is 1. The van der Waals surface area contributed by atoms with Gasteiger partial charge in [0.15, 0.2) is 5.78 Å². The van der Waals surface area contributed by atoms with E-state index in [0.29, 0.717) is 30.4 Å². The van der Waals surface area contributed by atoms with E-state index in [-0.39, 0.29) is 23.2 Å². The van der Waals surface area contributed by atoms with Crippen LogP contribution >= 0.6 is 11.8 Å². The number of ether oxygens (including phenoxy) is 2. The molecule has 200 valence electrons. The molecule has 2 heterocycles. The van der Waals surface area contributed by atoms with E-state index < -0.39 is 17.7 Å². The molecule has 2 aromatic carbocycles. The summed E-state index contributed by atoms with van der Waals surface area (Å²) in [5.41, 5.74) is 2.77. The molecule has 0 atom stereocenters. The maximum absolute atomic E-state index is 13.2. The molecule has 1 spiro atoms. The van der Waals surface area contributed by atoms with E-state index >= 15 is 0 Å². The molecule has 2 aliphatic heterocycles. The minimum absolute atomic E-state index is 0.0548. The van der Waals surface area contributed by atoms with Crippen LogP contribution in [0.1, 0.15) is 61.4 Å². The van der Waals surface area contributed by atoms with Gasteiger partial charge in [0.25, 0.3) is 5.79 Å². The molecule has 4 saturated carbocycles. The fourth-order valence-corrected chi connectivity index (χ4v) is 8.56. The third kappa shape index (κ3) is 4.13. The van der Waals surface area contributed by atoms with Crippen LogP contribution in [0.25, 0.3) is 0 Å². The van der Waals surface area contributed by atoms with Gasteiger partial charge in [0.2, 0.25) is 0 Å². The van der Waals surface area contributed by atoms with Crippen LogP contribution < -0.4 is 4.90 Å². The summed E-state index contributed by atoms with van der Waals surface area (Å²) in [5.74, 6) is -0.496. The Labute approximate surface area is 232 Å². The fraction of sp³-hybridized carbons (Fsp3) is 0.406. The van der Waals surface area contributed by atoms with Gasteiger partial charge in [-0.3, -0.25) is 4.79 Å². The van der Waals surface area contributed by atoms with Gasteiger partial charge in [-0.2, -0.15) is 0 Å². The Morgan fingerprint density at radius 2 is 1.56 bits per heavy atom. The van der Waals surface area contributed by atoms with Crippen molar-refractivity contribution < 1.29 is 23.9 Å². The highest BCUT2D eigenvalue weighted by Crippen LogP contribution is 2.61. The van der Waals surface area contributed by atoms with Gasteiger partial charge in [0.05, 0.1) is 10.7 Å². The summed E-state index contributed by atoms with van der Waals surface area (Å²) in [5, 5.41) is 0.896. The molecular weight excluding hydrogens is 510 g/mol. The first-order chi connectivity index (χ1) is 18.9. The molecular formula is C32H31NO5S. The second kappa shape index (κ2) is 9.40. The van der Waals surface area contributed by atoms with E-state index in [1.165, 1.54) is 6.42 Å². The van der Waals surface area contributed by atoms with E-state index in [1.54, 1.807) is 17.8 Å². The number of benzene rings is 2. The number of carbonyl (C=O) groups excluding carboxylic acids is 3. The first-order valence-electron chi connectivity index (χ1n) is 14.0. The van der Waals surface area contributed by atoms with Gasteiger partial charge in [0, 0.05) is 35.3 Å². The number of fused-ring (bicyclic) bond motifs is 1. The number of carbonyl (C=O) groups is 3. The molecule has 5 fully saturated rings. The van der Waals surface area contributed by atoms with Gasteiger partial charge in [-0.25, -0.2) is 9.59 Å². The first-order valence-corrected chi connectivity index (χ1v) is 14.8. The molecule has 1 saturated heterocycles. The predicted octanol–water partition coefficient (Wildman–Crippen LogP) is 6.41. The zero-order chi connectivity index (χ0) is 26.7. The Morgan fingerprint density at radius 1 is 0.923 bits per heavy atom. The highest BCUT2D eigenvalue weighted by molar-refractivity contribution is 8.03. The highest BCUT2D eigenvalue weighted by atomic mass is 32.2. The molecule has 0 N–H and O–H groups in total. The number of ketones is 1. The predicted molar refractivity (Wildman–Crippen MR) is 148 cm³/mol. The number of para-hydroxylation sites is 1. The van der Waals surface area contributed by atoms with Crippen LogP contribution in [0, 0.1) is 23.7 Å². The van der Waals surface area contributed by atoms with E-state index in [9.17, 15) is 14.4 Å². The average molecular weight is 542 g/mol. The standard InChI is InChI=1S/C32H31NO5S/c1-2-27(34)22-9-7-19(8-10-22)18-33-26-5-3-4-6-28(26)39-29(33)12-11-25-30(35)37-32(38-31(25)36)23-14-20-13-21(16-23)17-24(32)15-20/h3-12,20-21,23-24H,2,13-18H2,1H3/b25-11?,29-12-. The Hall–Kier alpha value is -3.32. The van der Waals surface area contributed by atoms with Crippen LogP contribution in [0.15, 0.2) is 76.2 Å². The van der Waals surface area contributed by atoms with Gasteiger partial charge in [-0.05, 0) is 73.8 Å². The molecule has 39 heavy (non-hydrogen) atoms. The third-order valence-electron chi connectivity index (χ3n) is 9.19. The second-order valence-electron chi connectivity index (χ2n) is 11.5. The van der Waals surface area contributed by atoms with Crippen molar-refractivity contribution in [1.82, 2.24) is 0 Å². The van der Waals surface area contributed by atoms with Crippen molar-refractivity contribution in [3.05, 3.63) is 82.4 Å². The molecule has 7 heteroatoms. The van der Waals surface area contributed by atoms with Crippen molar-refractivity contribution in [2.24, 2.45) is 23.7 Å². The molecule has 0 amide bonds. The molecule has 6 nitrogen and oxygen atoms in total. The smallest absolute Gasteiger partial charge is 0.348 e. The van der Waals surface area contributed by atoms with Gasteiger partial charge >= 0.3 is 11.9 Å². The maximum Gasteiger partial charge on any atom is 0.348 e. The van der Waals surface area contributed by atoms with Gasteiger partial charge in [-0.1, -0.05) is 55.1 Å². The number of thioether (sulfide) groups is 1. The lowest BCUT2D eigenvalue weighted by Crippen LogP contribution is -2.63. The summed E-state index contributed by atoms with van der Waals surface area (Å²) in [4.78, 5) is 41.8. The molecule has 2 aromatic rings. The van der Waals surface area contributed by atoms with E-state index in [2.05, 4.69) is 17.0 Å². The molecule has 4 aliphatic carbocycles. The van der Waals surface area contributed by atoms with Crippen LogP contribution in [0.4, 0.5) is 5.69 Å². The normalized spacial score (nSPS) is 31.5. The summed E-state index contributed by atoms with van der Waals surface area (Å²) >= 11 is 1.59. The van der Waals surface area contributed by atoms with Crippen LogP contribution in [-0.4, -0.2) is 23.5 Å². The Balaban J connectivity index is 1.14. The first kappa shape index (κ1) is 24.7. The number of rotatable bonds is 5. The van der Waals surface area contributed by atoms with Crippen molar-refractivity contribution in [3.63, 3.8) is 0 Å². The number of nitrogens with zero attached hydrogens (tertiary/aromatic N) is 1. The van der Waals surface area contributed by atoms with Crippen molar-refractivity contribution in [2.45, 2.75) is 62.7 Å². The maximum atomic E-state index is 13.2. The monoisotopic (exact) mass is 541 g/mol. The molecule has 0 aromatic heterocycles. The van der Waals surface area contributed by atoms with E-state index in [0.717, 1.165) is 46.9 Å². The third-order valence-corrected chi connectivity index (χ3v) is 10.3. The van der Waals surface area contributed by atoms with Crippen LogP contribution in [0.3, 0.4) is 0 Å². The molecule has 0 unspecified atom stereocenters. The minimum Gasteiger partial charge on any atom is -0.418 e. The van der Waals surface area contributed by atoms with Crippen LogP contribution in [-0.2, 0) is 25.6 Å². The molecule has 4 bridgehead atoms. The van der Waals surface area contributed by atoms with Crippen molar-refractivity contribution >= 4 is 35.2 Å². The lowest BCUT2D eigenvalue weighted by molar-refractivity contribution is -0.313. The molecule has 0 radical (unpaired) electrons. The highest BCUT2D eigenvalue weighted by Gasteiger charge is 2.64. The van der Waals surface area contributed by atoms with Crippen molar-refractivity contribution in [3.8, 4) is 0 Å². The summed E-state index contributed by atoms with van der Waals surface area (Å²) < 4.78 is 12.1. The molecule has 8 rings (SSSR count). The van der Waals surface area contributed by atoms with E-state index in [1.807, 2.05) is 49.4 Å². The van der Waals surface area contributed by atoms with Crippen LogP contribution in [0.2, 0.25) is 0 Å². The zero-order valence-electron chi connectivity index (χ0n) is 21.9. The number of esters is 2.